The molecule has 0 aliphatic rings. The Morgan fingerprint density at radius 1 is 0.815 bits per heavy atom. The van der Waals surface area contributed by atoms with Crippen molar-refractivity contribution in [3.8, 4) is 5.75 Å². The van der Waals surface area contributed by atoms with Crippen LogP contribution >= 0.6 is 12.2 Å². The van der Waals surface area contributed by atoms with Crippen molar-refractivity contribution in [3.05, 3.63) is 78.9 Å². The number of azo groups is 1. The van der Waals surface area contributed by atoms with Gasteiger partial charge in [0, 0.05) is 5.69 Å². The first-order chi connectivity index (χ1) is 13.2. The van der Waals surface area contributed by atoms with Crippen molar-refractivity contribution in [2.75, 3.05) is 17.2 Å². The largest absolute Gasteiger partial charge is 0.492 e. The van der Waals surface area contributed by atoms with E-state index in [1.165, 1.54) is 0 Å². The van der Waals surface area contributed by atoms with Gasteiger partial charge in [0.05, 0.1) is 23.7 Å². The first-order valence-corrected chi connectivity index (χ1v) is 9.02. The third-order valence-corrected chi connectivity index (χ3v) is 3.80. The van der Waals surface area contributed by atoms with E-state index in [2.05, 4.69) is 20.9 Å². The van der Waals surface area contributed by atoms with Gasteiger partial charge in [0.15, 0.2) is 5.11 Å². The summed E-state index contributed by atoms with van der Waals surface area (Å²) < 4.78 is 5.59. The minimum absolute atomic E-state index is 0.487. The third-order valence-electron chi connectivity index (χ3n) is 3.60. The number of anilines is 2. The van der Waals surface area contributed by atoms with E-state index in [1.807, 2.05) is 85.8 Å². The van der Waals surface area contributed by atoms with Crippen LogP contribution < -0.4 is 15.4 Å². The van der Waals surface area contributed by atoms with E-state index in [0.717, 1.165) is 28.5 Å². The fourth-order valence-corrected chi connectivity index (χ4v) is 2.59. The molecule has 0 radical (unpaired) electrons. The zero-order valence-electron chi connectivity index (χ0n) is 14.9. The van der Waals surface area contributed by atoms with Gasteiger partial charge in [0.2, 0.25) is 0 Å². The molecule has 2 N–H and O–H groups in total. The molecule has 5 nitrogen and oxygen atoms in total. The van der Waals surface area contributed by atoms with Crippen molar-refractivity contribution in [3.63, 3.8) is 0 Å². The highest BCUT2D eigenvalue weighted by molar-refractivity contribution is 7.80. The summed E-state index contributed by atoms with van der Waals surface area (Å²) >= 11 is 5.39. The highest BCUT2D eigenvalue weighted by Gasteiger charge is 2.05. The van der Waals surface area contributed by atoms with Crippen LogP contribution in [0.5, 0.6) is 5.75 Å². The van der Waals surface area contributed by atoms with Gasteiger partial charge in [-0.1, -0.05) is 30.3 Å². The molecule has 136 valence electrons. The maximum Gasteiger partial charge on any atom is 0.175 e. The van der Waals surface area contributed by atoms with Gasteiger partial charge in [-0.15, -0.1) is 0 Å². The number of rotatable bonds is 6. The molecule has 3 aromatic carbocycles. The molecule has 0 heterocycles. The Balaban J connectivity index is 1.60. The molecule has 0 atom stereocenters. The summed E-state index contributed by atoms with van der Waals surface area (Å²) in [6, 6.07) is 24.9. The second-order valence-corrected chi connectivity index (χ2v) is 6.00. The first-order valence-electron chi connectivity index (χ1n) is 8.61. The monoisotopic (exact) mass is 376 g/mol. The normalized spacial score (nSPS) is 10.6. The molecule has 0 aromatic heterocycles. The van der Waals surface area contributed by atoms with Gasteiger partial charge < -0.3 is 15.4 Å². The zero-order chi connectivity index (χ0) is 18.9. The summed E-state index contributed by atoms with van der Waals surface area (Å²) in [4.78, 5) is 0. The van der Waals surface area contributed by atoms with Crippen LogP contribution in [0.4, 0.5) is 22.7 Å². The molecule has 0 saturated heterocycles. The number of hydrogen-bond acceptors (Lipinski definition) is 4. The van der Waals surface area contributed by atoms with Gasteiger partial charge in [-0.25, -0.2) is 0 Å². The molecule has 0 aliphatic heterocycles. The van der Waals surface area contributed by atoms with E-state index in [1.54, 1.807) is 0 Å². The smallest absolute Gasteiger partial charge is 0.175 e. The van der Waals surface area contributed by atoms with Crippen LogP contribution in [0.25, 0.3) is 0 Å². The van der Waals surface area contributed by atoms with E-state index < -0.39 is 0 Å². The van der Waals surface area contributed by atoms with Gasteiger partial charge in [-0.05, 0) is 67.7 Å². The molecule has 0 spiro atoms. The average Bonchev–Trinajstić information content (AvgIpc) is 2.70. The summed E-state index contributed by atoms with van der Waals surface area (Å²) in [5, 5.41) is 15.2. The molecular weight excluding hydrogens is 356 g/mol. The topological polar surface area (TPSA) is 58.0 Å². The van der Waals surface area contributed by atoms with Gasteiger partial charge in [-0.3, -0.25) is 0 Å². The standard InChI is InChI=1S/C21H20N4OS/c1-2-26-20-11-7-6-10-19(20)23-21(27)22-16-12-14-18(15-13-16)25-24-17-8-4-3-5-9-17/h3-15H,2H2,1H3,(H2,22,23,27). The van der Waals surface area contributed by atoms with Crippen molar-refractivity contribution >= 4 is 40.1 Å². The fourth-order valence-electron chi connectivity index (χ4n) is 2.36. The van der Waals surface area contributed by atoms with Crippen molar-refractivity contribution in [2.45, 2.75) is 6.92 Å². The molecule has 3 rings (SSSR count). The lowest BCUT2D eigenvalue weighted by Crippen LogP contribution is -2.19. The molecule has 3 aromatic rings. The van der Waals surface area contributed by atoms with Crippen LogP contribution in [-0.2, 0) is 0 Å². The van der Waals surface area contributed by atoms with E-state index in [0.29, 0.717) is 11.7 Å². The van der Waals surface area contributed by atoms with E-state index in [4.69, 9.17) is 17.0 Å². The lowest BCUT2D eigenvalue weighted by atomic mass is 10.3. The maximum absolute atomic E-state index is 5.59. The van der Waals surface area contributed by atoms with Crippen LogP contribution in [0, 0.1) is 0 Å². The van der Waals surface area contributed by atoms with Crippen LogP contribution in [0.1, 0.15) is 6.92 Å². The molecular formula is C21H20N4OS. The second-order valence-electron chi connectivity index (χ2n) is 5.59. The Morgan fingerprint density at radius 3 is 2.15 bits per heavy atom. The predicted octanol–water partition coefficient (Wildman–Crippen LogP) is 6.31. The SMILES string of the molecule is CCOc1ccccc1NC(=S)Nc1ccc(N=Nc2ccccc2)cc1. The predicted molar refractivity (Wildman–Crippen MR) is 115 cm³/mol. The number of nitrogens with one attached hydrogen (secondary N) is 2. The van der Waals surface area contributed by atoms with Crippen molar-refractivity contribution in [2.24, 2.45) is 10.2 Å². The molecule has 0 aliphatic carbocycles. The minimum Gasteiger partial charge on any atom is -0.492 e. The Bertz CT molecular complexity index is 911. The molecule has 0 saturated carbocycles. The Kier molecular flexibility index (Phi) is 6.49. The van der Waals surface area contributed by atoms with Crippen LogP contribution in [0.2, 0.25) is 0 Å². The van der Waals surface area contributed by atoms with Crippen molar-refractivity contribution in [1.82, 2.24) is 0 Å². The van der Waals surface area contributed by atoms with Gasteiger partial charge in [-0.2, -0.15) is 10.2 Å². The zero-order valence-corrected chi connectivity index (χ0v) is 15.7. The number of nitrogens with zero attached hydrogens (tertiary/aromatic N) is 2. The number of para-hydroxylation sites is 2. The maximum atomic E-state index is 5.59. The molecule has 27 heavy (non-hydrogen) atoms. The highest BCUT2D eigenvalue weighted by Crippen LogP contribution is 2.24. The lowest BCUT2D eigenvalue weighted by Gasteiger charge is -2.14. The molecule has 0 unspecified atom stereocenters. The Morgan fingerprint density at radius 2 is 1.44 bits per heavy atom. The number of hydrogen-bond donors (Lipinski definition) is 2. The summed E-state index contributed by atoms with van der Waals surface area (Å²) in [5.74, 6) is 0.765. The van der Waals surface area contributed by atoms with Crippen molar-refractivity contribution in [1.29, 1.82) is 0 Å². The Hall–Kier alpha value is -3.25. The lowest BCUT2D eigenvalue weighted by molar-refractivity contribution is 0.342. The molecule has 0 bridgehead atoms. The van der Waals surface area contributed by atoms with Gasteiger partial charge in [0.1, 0.15) is 5.75 Å². The van der Waals surface area contributed by atoms with E-state index in [-0.39, 0.29) is 0 Å². The van der Waals surface area contributed by atoms with Crippen LogP contribution in [-0.4, -0.2) is 11.7 Å². The van der Waals surface area contributed by atoms with Crippen LogP contribution in [0.3, 0.4) is 0 Å². The Labute approximate surface area is 164 Å². The number of benzene rings is 3. The average molecular weight is 376 g/mol. The summed E-state index contributed by atoms with van der Waals surface area (Å²) in [6.45, 7) is 2.54. The first kappa shape index (κ1) is 18.5. The summed E-state index contributed by atoms with van der Waals surface area (Å²) in [7, 11) is 0. The summed E-state index contributed by atoms with van der Waals surface area (Å²) in [5.41, 5.74) is 3.27. The van der Waals surface area contributed by atoms with E-state index in [9.17, 15) is 0 Å². The minimum atomic E-state index is 0.487. The molecule has 0 fully saturated rings. The highest BCUT2D eigenvalue weighted by atomic mass is 32.1. The van der Waals surface area contributed by atoms with Gasteiger partial charge >= 0.3 is 0 Å². The third kappa shape index (κ3) is 5.62. The van der Waals surface area contributed by atoms with Crippen molar-refractivity contribution < 1.29 is 4.74 Å². The number of thiocarbonyl (C=S) groups is 1. The quantitative estimate of drug-likeness (QED) is 0.391. The second kappa shape index (κ2) is 9.45. The fraction of sp³-hybridized carbons (Fsp3) is 0.0952. The van der Waals surface area contributed by atoms with Crippen LogP contribution in [0.15, 0.2) is 89.1 Å². The van der Waals surface area contributed by atoms with E-state index >= 15 is 0 Å². The molecule has 0 amide bonds. The summed E-state index contributed by atoms with van der Waals surface area (Å²) in [6.07, 6.45) is 0. The van der Waals surface area contributed by atoms with Gasteiger partial charge in [0.25, 0.3) is 0 Å². The molecule has 6 heteroatoms. The number of ether oxygens (including phenoxy) is 1.